The summed E-state index contributed by atoms with van der Waals surface area (Å²) in [4.78, 5) is 11.7. The Balaban J connectivity index is 4.13. The molecular formula is C13H27NO2. The second-order valence-electron chi connectivity index (χ2n) is 5.32. The van der Waals surface area contributed by atoms with Gasteiger partial charge in [-0.2, -0.15) is 0 Å². The zero-order valence-corrected chi connectivity index (χ0v) is 11.6. The lowest BCUT2D eigenvalue weighted by molar-refractivity contribution is -0.157. The Hall–Kier alpha value is -0.570. The lowest BCUT2D eigenvalue weighted by atomic mass is 10.1. The SMILES string of the molecule is CCCC(CC)NC(C)C(=O)OC(C)(C)C. The van der Waals surface area contributed by atoms with E-state index in [0.717, 1.165) is 19.3 Å². The van der Waals surface area contributed by atoms with E-state index in [9.17, 15) is 4.79 Å². The summed E-state index contributed by atoms with van der Waals surface area (Å²) in [5.41, 5.74) is -0.403. The Morgan fingerprint density at radius 3 is 2.25 bits per heavy atom. The normalized spacial score (nSPS) is 15.6. The molecule has 1 N–H and O–H groups in total. The van der Waals surface area contributed by atoms with Crippen LogP contribution in [-0.2, 0) is 9.53 Å². The van der Waals surface area contributed by atoms with Crippen LogP contribution in [0.25, 0.3) is 0 Å². The summed E-state index contributed by atoms with van der Waals surface area (Å²) < 4.78 is 5.32. The van der Waals surface area contributed by atoms with Crippen molar-refractivity contribution in [1.29, 1.82) is 0 Å². The fourth-order valence-corrected chi connectivity index (χ4v) is 1.57. The van der Waals surface area contributed by atoms with Crippen molar-refractivity contribution < 1.29 is 9.53 Å². The molecule has 0 aromatic carbocycles. The number of esters is 1. The van der Waals surface area contributed by atoms with E-state index in [1.54, 1.807) is 0 Å². The summed E-state index contributed by atoms with van der Waals surface area (Å²) in [6.45, 7) is 11.8. The number of hydrogen-bond donors (Lipinski definition) is 1. The molecule has 0 aliphatic rings. The van der Waals surface area contributed by atoms with Crippen LogP contribution < -0.4 is 5.32 Å². The molecule has 2 atom stereocenters. The Morgan fingerprint density at radius 2 is 1.88 bits per heavy atom. The summed E-state index contributed by atoms with van der Waals surface area (Å²) in [7, 11) is 0. The van der Waals surface area contributed by atoms with Crippen molar-refractivity contribution >= 4 is 5.97 Å². The van der Waals surface area contributed by atoms with Gasteiger partial charge in [-0.1, -0.05) is 20.3 Å². The third kappa shape index (κ3) is 6.83. The third-order valence-corrected chi connectivity index (χ3v) is 2.38. The maximum absolute atomic E-state index is 11.7. The van der Waals surface area contributed by atoms with Crippen LogP contribution in [0.5, 0.6) is 0 Å². The van der Waals surface area contributed by atoms with E-state index < -0.39 is 5.60 Å². The highest BCUT2D eigenvalue weighted by atomic mass is 16.6. The number of rotatable bonds is 6. The van der Waals surface area contributed by atoms with Gasteiger partial charge in [0.2, 0.25) is 0 Å². The molecule has 2 unspecified atom stereocenters. The molecule has 0 aliphatic heterocycles. The first-order valence-electron chi connectivity index (χ1n) is 6.29. The molecule has 0 radical (unpaired) electrons. The molecule has 3 heteroatoms. The highest BCUT2D eigenvalue weighted by Crippen LogP contribution is 2.09. The smallest absolute Gasteiger partial charge is 0.323 e. The van der Waals surface area contributed by atoms with Crippen molar-refractivity contribution in [2.45, 2.75) is 78.5 Å². The van der Waals surface area contributed by atoms with Crippen LogP contribution in [0.1, 0.15) is 60.8 Å². The molecular weight excluding hydrogens is 202 g/mol. The molecule has 96 valence electrons. The molecule has 0 fully saturated rings. The second kappa shape index (κ2) is 6.89. The molecule has 0 heterocycles. The van der Waals surface area contributed by atoms with E-state index in [0.29, 0.717) is 6.04 Å². The van der Waals surface area contributed by atoms with Crippen LogP contribution in [0.2, 0.25) is 0 Å². The van der Waals surface area contributed by atoms with Gasteiger partial charge in [0.05, 0.1) is 0 Å². The Kier molecular flexibility index (Phi) is 6.65. The van der Waals surface area contributed by atoms with E-state index in [1.807, 2.05) is 27.7 Å². The molecule has 0 bridgehead atoms. The highest BCUT2D eigenvalue weighted by molar-refractivity contribution is 5.75. The third-order valence-electron chi connectivity index (χ3n) is 2.38. The van der Waals surface area contributed by atoms with Crippen molar-refractivity contribution in [2.75, 3.05) is 0 Å². The van der Waals surface area contributed by atoms with Crippen LogP contribution in [-0.4, -0.2) is 23.7 Å². The van der Waals surface area contributed by atoms with Crippen LogP contribution in [0.3, 0.4) is 0 Å². The zero-order valence-electron chi connectivity index (χ0n) is 11.6. The quantitative estimate of drug-likeness (QED) is 0.712. The minimum Gasteiger partial charge on any atom is -0.459 e. The summed E-state index contributed by atoms with van der Waals surface area (Å²) >= 11 is 0. The van der Waals surface area contributed by atoms with Gasteiger partial charge in [-0.3, -0.25) is 4.79 Å². The number of hydrogen-bond acceptors (Lipinski definition) is 3. The summed E-state index contributed by atoms with van der Waals surface area (Å²) in [6.07, 6.45) is 3.27. The molecule has 0 aliphatic carbocycles. The first kappa shape index (κ1) is 15.4. The van der Waals surface area contributed by atoms with E-state index in [-0.39, 0.29) is 12.0 Å². The fourth-order valence-electron chi connectivity index (χ4n) is 1.57. The predicted molar refractivity (Wildman–Crippen MR) is 67.4 cm³/mol. The van der Waals surface area contributed by atoms with Gasteiger partial charge >= 0.3 is 5.97 Å². The highest BCUT2D eigenvalue weighted by Gasteiger charge is 2.22. The van der Waals surface area contributed by atoms with Gasteiger partial charge in [-0.05, 0) is 40.5 Å². The molecule has 0 aromatic rings. The number of ether oxygens (including phenoxy) is 1. The molecule has 3 nitrogen and oxygen atoms in total. The first-order valence-corrected chi connectivity index (χ1v) is 6.29. The van der Waals surface area contributed by atoms with Crippen LogP contribution in [0, 0.1) is 0 Å². The van der Waals surface area contributed by atoms with Crippen molar-refractivity contribution in [3.05, 3.63) is 0 Å². The van der Waals surface area contributed by atoms with E-state index in [4.69, 9.17) is 4.74 Å². The molecule has 0 amide bonds. The van der Waals surface area contributed by atoms with E-state index >= 15 is 0 Å². The van der Waals surface area contributed by atoms with Crippen molar-refractivity contribution in [1.82, 2.24) is 5.32 Å². The van der Waals surface area contributed by atoms with Crippen LogP contribution in [0.4, 0.5) is 0 Å². The molecule has 0 spiro atoms. The van der Waals surface area contributed by atoms with Gasteiger partial charge < -0.3 is 10.1 Å². The minimum absolute atomic E-state index is 0.165. The average Bonchev–Trinajstić information content (AvgIpc) is 2.14. The van der Waals surface area contributed by atoms with Gasteiger partial charge in [-0.25, -0.2) is 0 Å². The minimum atomic E-state index is -0.403. The fraction of sp³-hybridized carbons (Fsp3) is 0.923. The summed E-state index contributed by atoms with van der Waals surface area (Å²) in [5, 5.41) is 3.32. The molecule has 0 aromatic heterocycles. The second-order valence-corrected chi connectivity index (χ2v) is 5.32. The standard InChI is InChI=1S/C13H27NO2/c1-7-9-11(8-2)14-10(3)12(15)16-13(4,5)6/h10-11,14H,7-9H2,1-6H3. The van der Waals surface area contributed by atoms with Crippen LogP contribution in [0.15, 0.2) is 0 Å². The summed E-state index contributed by atoms with van der Waals surface area (Å²) in [6, 6.07) is 0.184. The van der Waals surface area contributed by atoms with E-state index in [2.05, 4.69) is 19.2 Å². The number of carbonyl (C=O) groups excluding carboxylic acids is 1. The molecule has 0 saturated carbocycles. The zero-order chi connectivity index (χ0) is 12.8. The first-order chi connectivity index (χ1) is 7.30. The van der Waals surface area contributed by atoms with Crippen LogP contribution >= 0.6 is 0 Å². The largest absolute Gasteiger partial charge is 0.459 e. The maximum atomic E-state index is 11.7. The molecule has 16 heavy (non-hydrogen) atoms. The van der Waals surface area contributed by atoms with Gasteiger partial charge in [0.1, 0.15) is 11.6 Å². The predicted octanol–water partition coefficient (Wildman–Crippen LogP) is 2.88. The molecule has 0 rings (SSSR count). The van der Waals surface area contributed by atoms with Gasteiger partial charge in [0, 0.05) is 6.04 Å². The van der Waals surface area contributed by atoms with Crippen molar-refractivity contribution in [3.63, 3.8) is 0 Å². The van der Waals surface area contributed by atoms with Gasteiger partial charge in [0.25, 0.3) is 0 Å². The monoisotopic (exact) mass is 229 g/mol. The van der Waals surface area contributed by atoms with Gasteiger partial charge in [-0.15, -0.1) is 0 Å². The lowest BCUT2D eigenvalue weighted by Gasteiger charge is -2.25. The van der Waals surface area contributed by atoms with Gasteiger partial charge in [0.15, 0.2) is 0 Å². The van der Waals surface area contributed by atoms with Crippen molar-refractivity contribution in [2.24, 2.45) is 0 Å². The average molecular weight is 229 g/mol. The Morgan fingerprint density at radius 1 is 1.31 bits per heavy atom. The van der Waals surface area contributed by atoms with Crippen molar-refractivity contribution in [3.8, 4) is 0 Å². The number of carbonyl (C=O) groups is 1. The summed E-state index contributed by atoms with van der Waals surface area (Å²) in [5.74, 6) is -0.165. The maximum Gasteiger partial charge on any atom is 0.323 e. The molecule has 0 saturated heterocycles. The lowest BCUT2D eigenvalue weighted by Crippen LogP contribution is -2.44. The topological polar surface area (TPSA) is 38.3 Å². The number of nitrogens with one attached hydrogen (secondary N) is 1. The Labute approximate surface area is 99.9 Å². The van der Waals surface area contributed by atoms with E-state index in [1.165, 1.54) is 0 Å². The Bertz CT molecular complexity index is 208.